The van der Waals surface area contributed by atoms with Gasteiger partial charge in [-0.05, 0) is 30.5 Å². The summed E-state index contributed by atoms with van der Waals surface area (Å²) >= 11 is 0. The number of carbonyl (C=O) groups excluding carboxylic acids is 1. The molecule has 0 aliphatic carbocycles. The standard InChI is InChI=1S/C15H24N4O/c1-2-3-4-13-9-14(19-18-13)17-15(20)12-7-5-11(10-16)6-8-12/h5-8,13-14,18-19H,2-4,9-10,16H2,1H3,(H,17,20). The van der Waals surface area contributed by atoms with Crippen LogP contribution in [0.1, 0.15) is 48.5 Å². The number of carbonyl (C=O) groups is 1. The first kappa shape index (κ1) is 15.0. The average molecular weight is 276 g/mol. The lowest BCUT2D eigenvalue weighted by molar-refractivity contribution is 0.0932. The third kappa shape index (κ3) is 4.03. The molecule has 1 fully saturated rings. The summed E-state index contributed by atoms with van der Waals surface area (Å²) in [7, 11) is 0. The third-order valence-corrected chi connectivity index (χ3v) is 3.65. The highest BCUT2D eigenvalue weighted by atomic mass is 16.1. The quantitative estimate of drug-likeness (QED) is 0.631. The molecule has 1 amide bonds. The first-order chi connectivity index (χ1) is 9.72. The summed E-state index contributed by atoms with van der Waals surface area (Å²) in [5.74, 6) is -0.0518. The topological polar surface area (TPSA) is 79.2 Å². The summed E-state index contributed by atoms with van der Waals surface area (Å²) < 4.78 is 0. The zero-order valence-corrected chi connectivity index (χ0v) is 12.0. The second-order valence-corrected chi connectivity index (χ2v) is 5.29. The maximum Gasteiger partial charge on any atom is 0.252 e. The van der Waals surface area contributed by atoms with Crippen LogP contribution >= 0.6 is 0 Å². The minimum Gasteiger partial charge on any atom is -0.335 e. The number of hydrazine groups is 1. The number of rotatable bonds is 6. The van der Waals surface area contributed by atoms with Gasteiger partial charge in [0, 0.05) is 18.2 Å². The molecule has 0 radical (unpaired) electrons. The number of hydrogen-bond acceptors (Lipinski definition) is 4. The Bertz CT molecular complexity index is 432. The summed E-state index contributed by atoms with van der Waals surface area (Å²) in [5.41, 5.74) is 13.6. The minimum atomic E-state index is -0.0518. The first-order valence-electron chi connectivity index (χ1n) is 7.34. The molecule has 0 bridgehead atoms. The molecule has 20 heavy (non-hydrogen) atoms. The Morgan fingerprint density at radius 2 is 2.10 bits per heavy atom. The molecule has 0 saturated carbocycles. The second-order valence-electron chi connectivity index (χ2n) is 5.29. The Morgan fingerprint density at radius 3 is 2.75 bits per heavy atom. The zero-order chi connectivity index (χ0) is 14.4. The molecule has 0 spiro atoms. The van der Waals surface area contributed by atoms with Gasteiger partial charge in [0.15, 0.2) is 0 Å². The monoisotopic (exact) mass is 276 g/mol. The molecule has 1 aromatic carbocycles. The van der Waals surface area contributed by atoms with Gasteiger partial charge >= 0.3 is 0 Å². The van der Waals surface area contributed by atoms with Crippen molar-refractivity contribution in [3.63, 3.8) is 0 Å². The van der Waals surface area contributed by atoms with Crippen LogP contribution in [0.15, 0.2) is 24.3 Å². The first-order valence-corrected chi connectivity index (χ1v) is 7.34. The molecular weight excluding hydrogens is 252 g/mol. The lowest BCUT2D eigenvalue weighted by Crippen LogP contribution is -2.44. The van der Waals surface area contributed by atoms with Crippen LogP contribution in [0.25, 0.3) is 0 Å². The van der Waals surface area contributed by atoms with Crippen LogP contribution in [0.3, 0.4) is 0 Å². The van der Waals surface area contributed by atoms with Crippen molar-refractivity contribution in [1.82, 2.24) is 16.2 Å². The van der Waals surface area contributed by atoms with E-state index in [9.17, 15) is 4.79 Å². The summed E-state index contributed by atoms with van der Waals surface area (Å²) in [5, 5.41) is 3.00. The minimum absolute atomic E-state index is 0.00135. The number of amides is 1. The van der Waals surface area contributed by atoms with E-state index in [1.807, 2.05) is 24.3 Å². The van der Waals surface area contributed by atoms with E-state index < -0.39 is 0 Å². The summed E-state index contributed by atoms with van der Waals surface area (Å²) in [4.78, 5) is 12.1. The van der Waals surface area contributed by atoms with E-state index in [4.69, 9.17) is 5.73 Å². The number of unbranched alkanes of at least 4 members (excludes halogenated alkanes) is 1. The Kier molecular flexibility index (Phi) is 5.52. The van der Waals surface area contributed by atoms with Crippen LogP contribution in [0.4, 0.5) is 0 Å². The number of nitrogens with two attached hydrogens (primary N) is 1. The Labute approximate surface area is 120 Å². The van der Waals surface area contributed by atoms with Crippen LogP contribution in [-0.2, 0) is 6.54 Å². The van der Waals surface area contributed by atoms with E-state index in [1.54, 1.807) is 0 Å². The summed E-state index contributed by atoms with van der Waals surface area (Å²) in [6, 6.07) is 7.85. The highest BCUT2D eigenvalue weighted by Gasteiger charge is 2.24. The number of hydrogen-bond donors (Lipinski definition) is 4. The van der Waals surface area contributed by atoms with Crippen molar-refractivity contribution in [2.75, 3.05) is 0 Å². The van der Waals surface area contributed by atoms with Gasteiger partial charge in [-0.15, -0.1) is 0 Å². The molecule has 1 aliphatic heterocycles. The fraction of sp³-hybridized carbons (Fsp3) is 0.533. The molecule has 2 rings (SSSR count). The molecule has 1 heterocycles. The molecular formula is C15H24N4O. The Hall–Kier alpha value is -1.43. The lowest BCUT2D eigenvalue weighted by Gasteiger charge is -2.12. The van der Waals surface area contributed by atoms with Gasteiger partial charge in [-0.3, -0.25) is 10.2 Å². The molecule has 2 unspecified atom stereocenters. The van der Waals surface area contributed by atoms with Gasteiger partial charge in [0.1, 0.15) is 0 Å². The van der Waals surface area contributed by atoms with Crippen LogP contribution in [-0.4, -0.2) is 18.1 Å². The van der Waals surface area contributed by atoms with Gasteiger partial charge in [-0.2, -0.15) is 0 Å². The summed E-state index contributed by atoms with van der Waals surface area (Å²) in [6.07, 6.45) is 4.47. The van der Waals surface area contributed by atoms with Crippen LogP contribution < -0.4 is 21.9 Å². The maximum absolute atomic E-state index is 12.1. The SMILES string of the molecule is CCCCC1CC(NC(=O)c2ccc(CN)cc2)NN1. The smallest absolute Gasteiger partial charge is 0.252 e. The maximum atomic E-state index is 12.1. The van der Waals surface area contributed by atoms with E-state index in [0.29, 0.717) is 18.2 Å². The van der Waals surface area contributed by atoms with Crippen molar-refractivity contribution in [3.05, 3.63) is 35.4 Å². The third-order valence-electron chi connectivity index (χ3n) is 3.65. The van der Waals surface area contributed by atoms with Crippen molar-refractivity contribution >= 4 is 5.91 Å². The molecule has 110 valence electrons. The van der Waals surface area contributed by atoms with Crippen molar-refractivity contribution in [2.24, 2.45) is 5.73 Å². The fourth-order valence-electron chi connectivity index (χ4n) is 2.39. The van der Waals surface area contributed by atoms with Crippen LogP contribution in [0, 0.1) is 0 Å². The normalized spacial score (nSPS) is 21.9. The molecule has 1 saturated heterocycles. The van der Waals surface area contributed by atoms with E-state index in [-0.39, 0.29) is 12.1 Å². The van der Waals surface area contributed by atoms with Crippen molar-refractivity contribution in [1.29, 1.82) is 0 Å². The highest BCUT2D eigenvalue weighted by molar-refractivity contribution is 5.94. The van der Waals surface area contributed by atoms with Crippen LogP contribution in [0.5, 0.6) is 0 Å². The number of benzene rings is 1. The fourth-order valence-corrected chi connectivity index (χ4v) is 2.39. The summed E-state index contributed by atoms with van der Waals surface area (Å²) in [6.45, 7) is 2.68. The van der Waals surface area contributed by atoms with Gasteiger partial charge in [0.05, 0.1) is 6.17 Å². The van der Waals surface area contributed by atoms with Crippen LogP contribution in [0.2, 0.25) is 0 Å². The largest absolute Gasteiger partial charge is 0.335 e. The Morgan fingerprint density at radius 1 is 1.35 bits per heavy atom. The van der Waals surface area contributed by atoms with E-state index >= 15 is 0 Å². The van der Waals surface area contributed by atoms with E-state index in [2.05, 4.69) is 23.1 Å². The molecule has 5 N–H and O–H groups in total. The predicted octanol–water partition coefficient (Wildman–Crippen LogP) is 1.26. The lowest BCUT2D eigenvalue weighted by atomic mass is 10.1. The van der Waals surface area contributed by atoms with Gasteiger partial charge in [0.2, 0.25) is 0 Å². The predicted molar refractivity (Wildman–Crippen MR) is 79.8 cm³/mol. The number of nitrogens with one attached hydrogen (secondary N) is 3. The molecule has 5 heteroatoms. The van der Waals surface area contributed by atoms with E-state index in [1.165, 1.54) is 12.8 Å². The van der Waals surface area contributed by atoms with Gasteiger partial charge in [0.25, 0.3) is 5.91 Å². The molecule has 1 aromatic rings. The molecule has 1 aliphatic rings. The molecule has 2 atom stereocenters. The average Bonchev–Trinajstić information content (AvgIpc) is 2.92. The zero-order valence-electron chi connectivity index (χ0n) is 12.0. The van der Waals surface area contributed by atoms with Gasteiger partial charge < -0.3 is 11.1 Å². The Balaban J connectivity index is 1.82. The van der Waals surface area contributed by atoms with Gasteiger partial charge in [-0.1, -0.05) is 31.9 Å². The highest BCUT2D eigenvalue weighted by Crippen LogP contribution is 2.11. The van der Waals surface area contributed by atoms with Crippen molar-refractivity contribution < 1.29 is 4.79 Å². The molecule has 0 aromatic heterocycles. The van der Waals surface area contributed by atoms with E-state index in [0.717, 1.165) is 18.4 Å². The van der Waals surface area contributed by atoms with Crippen molar-refractivity contribution in [3.8, 4) is 0 Å². The van der Waals surface area contributed by atoms with Crippen molar-refractivity contribution in [2.45, 2.75) is 51.4 Å². The van der Waals surface area contributed by atoms with Gasteiger partial charge in [-0.25, -0.2) is 5.43 Å². The second kappa shape index (κ2) is 7.38. The molecule has 5 nitrogen and oxygen atoms in total.